The molecule has 1 saturated heterocycles. The highest BCUT2D eigenvalue weighted by Gasteiger charge is 2.34. The van der Waals surface area contributed by atoms with Crippen molar-refractivity contribution in [1.29, 1.82) is 0 Å². The van der Waals surface area contributed by atoms with E-state index in [1.165, 1.54) is 0 Å². The Hall–Kier alpha value is -2.47. The summed E-state index contributed by atoms with van der Waals surface area (Å²) in [6.45, 7) is 4.29. The molecule has 0 spiro atoms. The summed E-state index contributed by atoms with van der Waals surface area (Å²) in [5, 5.41) is 3.87. The van der Waals surface area contributed by atoms with Crippen LogP contribution in [0, 0.1) is 0 Å². The van der Waals surface area contributed by atoms with Crippen LogP contribution in [-0.4, -0.2) is 59.8 Å². The number of carbonyl (C=O) groups is 1. The topological polar surface area (TPSA) is 96.6 Å². The monoisotopic (exact) mass is 474 g/mol. The van der Waals surface area contributed by atoms with Crippen LogP contribution in [0.1, 0.15) is 49.9 Å². The molecule has 0 bridgehead atoms. The summed E-state index contributed by atoms with van der Waals surface area (Å²) in [5.74, 6) is 1.12. The predicted octanol–water partition coefficient (Wildman–Crippen LogP) is 3.07. The van der Waals surface area contributed by atoms with E-state index in [4.69, 9.17) is 4.52 Å². The summed E-state index contributed by atoms with van der Waals surface area (Å²) >= 11 is 0. The molecule has 1 aromatic heterocycles. The number of nitrogens with zero attached hydrogens (tertiary/aromatic N) is 4. The van der Waals surface area contributed by atoms with E-state index < -0.39 is 26.7 Å². The molecule has 0 saturated carbocycles. The van der Waals surface area contributed by atoms with Crippen LogP contribution in [0.5, 0.6) is 0 Å². The summed E-state index contributed by atoms with van der Waals surface area (Å²) in [7, 11) is -4.08. The first-order chi connectivity index (χ1) is 15.0. The minimum Gasteiger partial charge on any atom is -0.340 e. The van der Waals surface area contributed by atoms with Crippen LogP contribution in [0.4, 0.5) is 13.2 Å². The van der Waals surface area contributed by atoms with E-state index >= 15 is 0 Å². The van der Waals surface area contributed by atoms with E-state index in [-0.39, 0.29) is 44.4 Å². The molecule has 1 aromatic carbocycles. The molecule has 12 heteroatoms. The standard InChI is InChI=1S/C20H25F3N4O4S/c1-14(2)19-24-17(31-25-19)7-4-8-18(28)26-9-11-27(12-10-26)32(29,30)16-6-3-5-15(13-16)20(21,22)23/h3,5-6,13-14H,4,7-12H2,1-2H3. The van der Waals surface area contributed by atoms with Gasteiger partial charge in [0.25, 0.3) is 0 Å². The molecule has 0 atom stereocenters. The lowest BCUT2D eigenvalue weighted by Gasteiger charge is -2.34. The lowest BCUT2D eigenvalue weighted by atomic mass is 10.2. The van der Waals surface area contributed by atoms with Crippen LogP contribution < -0.4 is 0 Å². The lowest BCUT2D eigenvalue weighted by molar-refractivity contribution is -0.137. The van der Waals surface area contributed by atoms with Crippen molar-refractivity contribution in [2.24, 2.45) is 0 Å². The molecule has 1 amide bonds. The van der Waals surface area contributed by atoms with Crippen LogP contribution >= 0.6 is 0 Å². The fourth-order valence-electron chi connectivity index (χ4n) is 3.31. The average Bonchev–Trinajstić information content (AvgIpc) is 3.22. The molecule has 0 aliphatic carbocycles. The number of aryl methyl sites for hydroxylation is 1. The number of hydrogen-bond donors (Lipinski definition) is 0. The fraction of sp³-hybridized carbons (Fsp3) is 0.550. The van der Waals surface area contributed by atoms with Crippen molar-refractivity contribution >= 4 is 15.9 Å². The summed E-state index contributed by atoms with van der Waals surface area (Å²) in [4.78, 5) is 17.9. The second kappa shape index (κ2) is 9.57. The van der Waals surface area contributed by atoms with Gasteiger partial charge in [0, 0.05) is 44.9 Å². The number of aromatic nitrogens is 2. The van der Waals surface area contributed by atoms with Crippen molar-refractivity contribution in [2.75, 3.05) is 26.2 Å². The number of piperazine rings is 1. The Balaban J connectivity index is 1.52. The Bertz CT molecular complexity index is 1050. The minimum absolute atomic E-state index is 0.0196. The zero-order valence-corrected chi connectivity index (χ0v) is 18.6. The number of sulfonamides is 1. The molecule has 32 heavy (non-hydrogen) atoms. The van der Waals surface area contributed by atoms with Crippen LogP contribution in [0.3, 0.4) is 0 Å². The first-order valence-corrected chi connectivity index (χ1v) is 11.7. The second-order valence-electron chi connectivity index (χ2n) is 7.87. The van der Waals surface area contributed by atoms with E-state index in [9.17, 15) is 26.4 Å². The molecule has 0 unspecified atom stereocenters. The largest absolute Gasteiger partial charge is 0.416 e. The van der Waals surface area contributed by atoms with Gasteiger partial charge in [-0.3, -0.25) is 4.79 Å². The van der Waals surface area contributed by atoms with E-state index in [0.29, 0.717) is 30.6 Å². The Morgan fingerprint density at radius 2 is 1.88 bits per heavy atom. The van der Waals surface area contributed by atoms with Crippen molar-refractivity contribution < 1.29 is 30.9 Å². The molecular weight excluding hydrogens is 449 g/mol. The molecule has 3 rings (SSSR count). The molecule has 1 aliphatic rings. The van der Waals surface area contributed by atoms with Gasteiger partial charge in [-0.05, 0) is 24.6 Å². The van der Waals surface area contributed by atoms with Gasteiger partial charge >= 0.3 is 6.18 Å². The van der Waals surface area contributed by atoms with E-state index in [1.54, 1.807) is 4.90 Å². The van der Waals surface area contributed by atoms with E-state index in [2.05, 4.69) is 10.1 Å². The highest BCUT2D eigenvalue weighted by Crippen LogP contribution is 2.31. The van der Waals surface area contributed by atoms with Gasteiger partial charge in [-0.1, -0.05) is 25.1 Å². The van der Waals surface area contributed by atoms with Crippen LogP contribution in [0.15, 0.2) is 33.7 Å². The highest BCUT2D eigenvalue weighted by molar-refractivity contribution is 7.89. The quantitative estimate of drug-likeness (QED) is 0.612. The third-order valence-electron chi connectivity index (χ3n) is 5.17. The second-order valence-corrected chi connectivity index (χ2v) is 9.80. The number of carbonyl (C=O) groups excluding carboxylic acids is 1. The first-order valence-electron chi connectivity index (χ1n) is 10.3. The van der Waals surface area contributed by atoms with Crippen molar-refractivity contribution in [1.82, 2.24) is 19.3 Å². The average molecular weight is 475 g/mol. The Kier molecular flexibility index (Phi) is 7.23. The predicted molar refractivity (Wildman–Crippen MR) is 108 cm³/mol. The lowest BCUT2D eigenvalue weighted by Crippen LogP contribution is -2.50. The molecule has 0 N–H and O–H groups in total. The summed E-state index contributed by atoms with van der Waals surface area (Å²) < 4.78 is 70.5. The van der Waals surface area contributed by atoms with Gasteiger partial charge < -0.3 is 9.42 Å². The van der Waals surface area contributed by atoms with E-state index in [0.717, 1.165) is 22.5 Å². The fourth-order valence-corrected chi connectivity index (χ4v) is 4.78. The highest BCUT2D eigenvalue weighted by atomic mass is 32.2. The third-order valence-corrected chi connectivity index (χ3v) is 7.07. The van der Waals surface area contributed by atoms with Gasteiger partial charge in [0.15, 0.2) is 5.82 Å². The normalized spacial score (nSPS) is 16.0. The van der Waals surface area contributed by atoms with Crippen LogP contribution in [0.25, 0.3) is 0 Å². The SMILES string of the molecule is CC(C)c1noc(CCCC(=O)N2CCN(S(=O)(=O)c3cccc(C(F)(F)F)c3)CC2)n1. The van der Waals surface area contributed by atoms with Gasteiger partial charge in [-0.25, -0.2) is 8.42 Å². The van der Waals surface area contributed by atoms with Gasteiger partial charge in [-0.15, -0.1) is 0 Å². The smallest absolute Gasteiger partial charge is 0.340 e. The third kappa shape index (κ3) is 5.66. The Morgan fingerprint density at radius 1 is 1.19 bits per heavy atom. The first kappa shape index (κ1) is 24.2. The number of halogens is 3. The summed E-state index contributed by atoms with van der Waals surface area (Å²) in [5.41, 5.74) is -1.02. The van der Waals surface area contributed by atoms with Gasteiger partial charge in [0.05, 0.1) is 10.5 Å². The maximum absolute atomic E-state index is 12.9. The summed E-state index contributed by atoms with van der Waals surface area (Å²) in [6, 6.07) is 3.68. The maximum Gasteiger partial charge on any atom is 0.416 e. The number of amides is 1. The maximum atomic E-state index is 12.9. The number of benzene rings is 1. The Morgan fingerprint density at radius 3 is 2.47 bits per heavy atom. The van der Waals surface area contributed by atoms with Gasteiger partial charge in [0.1, 0.15) is 0 Å². The van der Waals surface area contributed by atoms with Crippen LogP contribution in [0.2, 0.25) is 0 Å². The van der Waals surface area contributed by atoms with Crippen molar-refractivity contribution in [3.63, 3.8) is 0 Å². The molecular formula is C20H25F3N4O4S. The minimum atomic E-state index is -4.63. The number of rotatable bonds is 7. The molecule has 176 valence electrons. The molecule has 2 heterocycles. The molecule has 1 aliphatic heterocycles. The zero-order valence-electron chi connectivity index (χ0n) is 17.8. The molecule has 2 aromatic rings. The number of alkyl halides is 3. The van der Waals surface area contributed by atoms with Gasteiger partial charge in [-0.2, -0.15) is 22.5 Å². The van der Waals surface area contributed by atoms with Gasteiger partial charge in [0.2, 0.25) is 21.8 Å². The molecule has 0 radical (unpaired) electrons. The molecule has 8 nitrogen and oxygen atoms in total. The molecule has 1 fully saturated rings. The Labute approximate surface area is 184 Å². The van der Waals surface area contributed by atoms with Crippen LogP contribution in [-0.2, 0) is 27.4 Å². The number of hydrogen-bond acceptors (Lipinski definition) is 6. The zero-order chi connectivity index (χ0) is 23.5. The van der Waals surface area contributed by atoms with Crippen molar-refractivity contribution in [3.8, 4) is 0 Å². The van der Waals surface area contributed by atoms with Crippen molar-refractivity contribution in [3.05, 3.63) is 41.5 Å². The van der Waals surface area contributed by atoms with E-state index in [1.807, 2.05) is 13.8 Å². The summed E-state index contributed by atoms with van der Waals surface area (Å²) in [6.07, 6.45) is -3.40. The van der Waals surface area contributed by atoms with Crippen molar-refractivity contribution in [2.45, 2.75) is 50.1 Å².